The van der Waals surface area contributed by atoms with Crippen LogP contribution in [0.2, 0.25) is 0 Å². The topological polar surface area (TPSA) is 213 Å². The maximum atomic E-state index is 13.5. The second kappa shape index (κ2) is 19.9. The molecule has 1 saturated heterocycles. The molecular formula is C42H64N6O10. The van der Waals surface area contributed by atoms with E-state index >= 15 is 0 Å². The van der Waals surface area contributed by atoms with E-state index in [1.807, 2.05) is 67.2 Å². The fraction of sp³-hybridized carbons (Fsp3) is 0.595. The Bertz CT molecular complexity index is 1690. The van der Waals surface area contributed by atoms with Gasteiger partial charge in [-0.2, -0.15) is 0 Å². The number of nitrogens with one attached hydrogen (secondary N) is 2. The number of phenolic OH excluding ortho intramolecular Hbond substituents is 1. The van der Waals surface area contributed by atoms with Gasteiger partial charge >= 0.3 is 24.4 Å². The van der Waals surface area contributed by atoms with Crippen molar-refractivity contribution in [2.75, 3.05) is 45.8 Å². The van der Waals surface area contributed by atoms with Gasteiger partial charge in [-0.15, -0.1) is 0 Å². The third-order valence-electron chi connectivity index (χ3n) is 10.4. The molecule has 322 valence electrons. The van der Waals surface area contributed by atoms with Gasteiger partial charge in [0, 0.05) is 45.7 Å². The number of benzene rings is 2. The van der Waals surface area contributed by atoms with Gasteiger partial charge in [-0.25, -0.2) is 19.2 Å². The molecule has 0 radical (unpaired) electrons. The van der Waals surface area contributed by atoms with Crippen LogP contribution in [0.1, 0.15) is 74.3 Å². The van der Waals surface area contributed by atoms with Crippen LogP contribution < -0.4 is 15.4 Å². The van der Waals surface area contributed by atoms with E-state index in [4.69, 9.17) is 4.74 Å². The van der Waals surface area contributed by atoms with Gasteiger partial charge in [-0.3, -0.25) is 14.6 Å². The fourth-order valence-corrected chi connectivity index (χ4v) is 7.54. The summed E-state index contributed by atoms with van der Waals surface area (Å²) < 4.78 is 5.36. The van der Waals surface area contributed by atoms with Gasteiger partial charge in [-0.1, -0.05) is 92.6 Å². The summed E-state index contributed by atoms with van der Waals surface area (Å²) >= 11 is 0. The van der Waals surface area contributed by atoms with Crippen molar-refractivity contribution in [3.8, 4) is 11.5 Å². The predicted octanol–water partition coefficient (Wildman–Crippen LogP) is 6.10. The Morgan fingerprint density at radius 3 is 1.84 bits per heavy atom. The van der Waals surface area contributed by atoms with Crippen LogP contribution in [0, 0.1) is 16.2 Å². The van der Waals surface area contributed by atoms with Gasteiger partial charge < -0.3 is 45.6 Å². The van der Waals surface area contributed by atoms with Gasteiger partial charge in [0.25, 0.3) is 0 Å². The highest BCUT2D eigenvalue weighted by Gasteiger charge is 2.52. The van der Waals surface area contributed by atoms with Gasteiger partial charge in [0.05, 0.1) is 18.1 Å². The minimum atomic E-state index is -1.25. The molecule has 3 rings (SSSR count). The Balaban J connectivity index is 1.89. The molecule has 1 aliphatic heterocycles. The lowest BCUT2D eigenvalue weighted by molar-refractivity contribution is -0.123. The molecule has 58 heavy (non-hydrogen) atoms. The van der Waals surface area contributed by atoms with E-state index in [2.05, 4.69) is 10.6 Å². The number of carbonyl (C=O) groups is 5. The van der Waals surface area contributed by atoms with Crippen LogP contribution >= 0.6 is 0 Å². The van der Waals surface area contributed by atoms with Gasteiger partial charge in [-0.05, 0) is 59.0 Å². The highest BCUT2D eigenvalue weighted by Crippen LogP contribution is 2.41. The highest BCUT2D eigenvalue weighted by atomic mass is 16.6. The molecular weight excluding hydrogens is 748 g/mol. The van der Waals surface area contributed by atoms with E-state index in [1.165, 1.54) is 26.8 Å². The summed E-state index contributed by atoms with van der Waals surface area (Å²) in [5.74, 6) is -0.118. The number of hydrogen-bond acceptors (Lipinski definition) is 8. The molecule has 6 N–H and O–H groups in total. The highest BCUT2D eigenvalue weighted by molar-refractivity contribution is 5.86. The summed E-state index contributed by atoms with van der Waals surface area (Å²) in [5, 5.41) is 47.3. The van der Waals surface area contributed by atoms with Crippen molar-refractivity contribution in [3.05, 3.63) is 60.2 Å². The van der Waals surface area contributed by atoms with Crippen LogP contribution in [-0.2, 0) is 11.2 Å². The van der Waals surface area contributed by atoms with Crippen LogP contribution in [0.5, 0.6) is 11.5 Å². The van der Waals surface area contributed by atoms with E-state index in [-0.39, 0.29) is 51.4 Å². The molecule has 2 aromatic carbocycles. The van der Waals surface area contributed by atoms with E-state index in [9.17, 15) is 44.4 Å². The summed E-state index contributed by atoms with van der Waals surface area (Å²) in [5.41, 5.74) is -1.56. The zero-order chi connectivity index (χ0) is 43.6. The molecule has 1 fully saturated rings. The maximum Gasteiger partial charge on any atom is 0.413 e. The van der Waals surface area contributed by atoms with Crippen LogP contribution in [0.25, 0.3) is 0 Å². The van der Waals surface area contributed by atoms with Crippen molar-refractivity contribution in [1.29, 1.82) is 0 Å². The SMILES string of the molecule is CC(C)(C)C1C(C(C)(C)C)N(C(=O)O)C(C(C)(C)C)CN(C(=O)O)CCN(CCCNC(=O)C(Cc2ccc(O)cc2)NC(=O)Oc2ccccc2)CCN1C(=O)O. The van der Waals surface area contributed by atoms with Crippen LogP contribution in [0.15, 0.2) is 54.6 Å². The summed E-state index contributed by atoms with van der Waals surface area (Å²) in [4.78, 5) is 71.5. The number of para-hydroxylation sites is 1. The average molecular weight is 813 g/mol. The zero-order valence-corrected chi connectivity index (χ0v) is 35.4. The fourth-order valence-electron chi connectivity index (χ4n) is 7.54. The number of nitrogens with zero attached hydrogens (tertiary/aromatic N) is 4. The Labute approximate surface area is 342 Å². The Morgan fingerprint density at radius 1 is 0.741 bits per heavy atom. The average Bonchev–Trinajstić information content (AvgIpc) is 3.09. The number of ether oxygens (including phenoxy) is 1. The van der Waals surface area contributed by atoms with Gasteiger partial charge in [0.2, 0.25) is 5.91 Å². The minimum Gasteiger partial charge on any atom is -0.508 e. The third kappa shape index (κ3) is 13.7. The van der Waals surface area contributed by atoms with Gasteiger partial charge in [0.1, 0.15) is 17.5 Å². The predicted molar refractivity (Wildman–Crippen MR) is 219 cm³/mol. The molecule has 4 unspecified atom stereocenters. The zero-order valence-electron chi connectivity index (χ0n) is 35.4. The first kappa shape index (κ1) is 47.1. The number of amides is 5. The van der Waals surface area contributed by atoms with Crippen molar-refractivity contribution in [1.82, 2.24) is 30.2 Å². The van der Waals surface area contributed by atoms with Crippen molar-refractivity contribution in [2.24, 2.45) is 16.2 Å². The molecule has 5 amide bonds. The van der Waals surface area contributed by atoms with Crippen molar-refractivity contribution in [3.63, 3.8) is 0 Å². The molecule has 0 aliphatic carbocycles. The van der Waals surface area contributed by atoms with E-state index in [0.29, 0.717) is 24.3 Å². The molecule has 0 saturated carbocycles. The quantitative estimate of drug-likeness (QED) is 0.159. The lowest BCUT2D eigenvalue weighted by Gasteiger charge is -2.55. The van der Waals surface area contributed by atoms with Crippen LogP contribution in [0.3, 0.4) is 0 Å². The first-order chi connectivity index (χ1) is 26.9. The summed E-state index contributed by atoms with van der Waals surface area (Å²) in [6, 6.07) is 11.1. The lowest BCUT2D eigenvalue weighted by Crippen LogP contribution is -2.69. The first-order valence-corrected chi connectivity index (χ1v) is 19.7. The Morgan fingerprint density at radius 2 is 1.33 bits per heavy atom. The Hall–Kier alpha value is -5.25. The summed E-state index contributed by atoms with van der Waals surface area (Å²) in [7, 11) is 0. The third-order valence-corrected chi connectivity index (χ3v) is 10.4. The molecule has 2 aromatic rings. The van der Waals surface area contributed by atoms with Crippen molar-refractivity contribution in [2.45, 2.75) is 99.3 Å². The summed E-state index contributed by atoms with van der Waals surface area (Å²) in [6.45, 7) is 17.8. The molecule has 0 spiro atoms. The maximum absolute atomic E-state index is 13.5. The van der Waals surface area contributed by atoms with Gasteiger partial charge in [0.15, 0.2) is 0 Å². The van der Waals surface area contributed by atoms with E-state index < -0.39 is 70.7 Å². The normalized spacial score (nSPS) is 19.6. The number of hydrogen-bond donors (Lipinski definition) is 6. The number of carboxylic acid groups (broad SMARTS) is 3. The molecule has 4 atom stereocenters. The second-order valence-corrected chi connectivity index (χ2v) is 18.2. The number of aromatic hydroxyl groups is 1. The molecule has 0 aromatic heterocycles. The molecule has 1 heterocycles. The van der Waals surface area contributed by atoms with Crippen molar-refractivity contribution < 1.29 is 49.1 Å². The van der Waals surface area contributed by atoms with Crippen LogP contribution in [-0.4, -0.2) is 140 Å². The number of carbonyl (C=O) groups excluding carboxylic acids is 2. The van der Waals surface area contributed by atoms with Crippen LogP contribution in [0.4, 0.5) is 19.2 Å². The standard InChI is InChI=1S/C42H64N6O10/c1-40(2,3)32-27-46(37(52)53)24-22-45(23-25-47(38(54)55)33(41(4,5)6)34(42(7,8)9)48(32)39(56)57)21-13-20-43-35(50)31(26-28-16-18-29(49)19-17-28)44-36(51)58-30-14-11-10-12-15-30/h10-12,14-19,31-34,49H,13,20-27H2,1-9H3,(H,43,50)(H,44,51)(H,52,53)(H,54,55)(H,56,57). The van der Waals surface area contributed by atoms with E-state index in [1.54, 1.807) is 42.5 Å². The largest absolute Gasteiger partial charge is 0.508 e. The Kier molecular flexibility index (Phi) is 16.2. The van der Waals surface area contributed by atoms with E-state index in [0.717, 1.165) is 0 Å². The number of phenols is 1. The molecule has 16 nitrogen and oxygen atoms in total. The first-order valence-electron chi connectivity index (χ1n) is 19.7. The minimum absolute atomic E-state index is 0.0130. The molecule has 16 heteroatoms. The summed E-state index contributed by atoms with van der Waals surface area (Å²) in [6.07, 6.45) is -3.96. The monoisotopic (exact) mass is 812 g/mol. The molecule has 1 aliphatic rings. The molecule has 0 bridgehead atoms. The lowest BCUT2D eigenvalue weighted by atomic mass is 9.69. The second-order valence-electron chi connectivity index (χ2n) is 18.2. The van der Waals surface area contributed by atoms with Crippen molar-refractivity contribution >= 4 is 30.3 Å². The number of rotatable bonds is 9. The smallest absolute Gasteiger partial charge is 0.413 e.